The maximum atomic E-state index is 13.2. The van der Waals surface area contributed by atoms with Crippen molar-refractivity contribution < 1.29 is 4.39 Å². The van der Waals surface area contributed by atoms with Gasteiger partial charge >= 0.3 is 0 Å². The molecule has 78 valence electrons. The van der Waals surface area contributed by atoms with E-state index in [1.807, 2.05) is 20.8 Å². The summed E-state index contributed by atoms with van der Waals surface area (Å²) in [7, 11) is 0. The summed E-state index contributed by atoms with van der Waals surface area (Å²) in [6.07, 6.45) is 0.761. The molecule has 1 aromatic rings. The lowest BCUT2D eigenvalue weighted by Gasteiger charge is -2.25. The van der Waals surface area contributed by atoms with E-state index in [0.29, 0.717) is 0 Å². The molecule has 0 aromatic heterocycles. The molecule has 0 spiro atoms. The molecule has 0 fully saturated rings. The first kappa shape index (κ1) is 11.0. The minimum atomic E-state index is -0.487. The second-order valence-electron chi connectivity index (χ2n) is 3.96. The molecule has 3 heteroatoms. The summed E-state index contributed by atoms with van der Waals surface area (Å²) in [6.45, 7) is 5.77. The highest BCUT2D eigenvalue weighted by Gasteiger charge is 2.21. The van der Waals surface area contributed by atoms with Crippen molar-refractivity contribution in [2.75, 3.05) is 5.73 Å². The van der Waals surface area contributed by atoms with E-state index in [4.69, 9.17) is 11.5 Å². The lowest BCUT2D eigenvalue weighted by Crippen LogP contribution is -2.33. The molecule has 0 radical (unpaired) electrons. The van der Waals surface area contributed by atoms with Crippen LogP contribution in [0.2, 0.25) is 0 Å². The smallest absolute Gasteiger partial charge is 0.146 e. The van der Waals surface area contributed by atoms with Crippen LogP contribution in [0.1, 0.15) is 31.4 Å². The van der Waals surface area contributed by atoms with Gasteiger partial charge in [0.15, 0.2) is 0 Å². The van der Waals surface area contributed by atoms with Gasteiger partial charge in [-0.1, -0.05) is 6.92 Å². The summed E-state index contributed by atoms with van der Waals surface area (Å²) >= 11 is 0. The van der Waals surface area contributed by atoms with E-state index >= 15 is 0 Å². The number of anilines is 1. The fourth-order valence-electron chi connectivity index (χ4n) is 1.51. The van der Waals surface area contributed by atoms with Gasteiger partial charge in [0.05, 0.1) is 5.69 Å². The van der Waals surface area contributed by atoms with Gasteiger partial charge in [-0.3, -0.25) is 0 Å². The fraction of sp³-hybridized carbons (Fsp3) is 0.455. The molecule has 0 heterocycles. The molecule has 0 amide bonds. The zero-order valence-corrected chi connectivity index (χ0v) is 8.89. The molecule has 0 aliphatic carbocycles. The second kappa shape index (κ2) is 3.58. The van der Waals surface area contributed by atoms with Gasteiger partial charge in [0.1, 0.15) is 5.82 Å². The van der Waals surface area contributed by atoms with Gasteiger partial charge in [0.2, 0.25) is 0 Å². The Morgan fingerprint density at radius 1 is 1.43 bits per heavy atom. The molecule has 1 atom stereocenters. The van der Waals surface area contributed by atoms with Crippen LogP contribution in [0.3, 0.4) is 0 Å². The van der Waals surface area contributed by atoms with E-state index in [-0.39, 0.29) is 5.69 Å². The Hall–Kier alpha value is -1.09. The standard InChI is InChI=1S/C11H17FN2/c1-4-11(3,14)8-6-9(12)10(13)5-7(8)2/h5-6H,4,13-14H2,1-3H3. The van der Waals surface area contributed by atoms with Crippen molar-refractivity contribution in [3.8, 4) is 0 Å². The molecule has 0 aliphatic rings. The molecule has 1 unspecified atom stereocenters. The molecule has 14 heavy (non-hydrogen) atoms. The third-order valence-corrected chi connectivity index (χ3v) is 2.69. The highest BCUT2D eigenvalue weighted by molar-refractivity contribution is 5.47. The van der Waals surface area contributed by atoms with Crippen LogP contribution in [0, 0.1) is 12.7 Å². The van der Waals surface area contributed by atoms with E-state index in [1.165, 1.54) is 6.07 Å². The molecule has 1 rings (SSSR count). The van der Waals surface area contributed by atoms with Gasteiger partial charge in [-0.25, -0.2) is 4.39 Å². The molecule has 1 aromatic carbocycles. The van der Waals surface area contributed by atoms with Crippen LogP contribution in [0.15, 0.2) is 12.1 Å². The highest BCUT2D eigenvalue weighted by Crippen LogP contribution is 2.27. The predicted octanol–water partition coefficient (Wildman–Crippen LogP) is 2.30. The minimum absolute atomic E-state index is 0.179. The van der Waals surface area contributed by atoms with Crippen molar-refractivity contribution in [3.05, 3.63) is 29.1 Å². The van der Waals surface area contributed by atoms with Crippen LogP contribution in [-0.2, 0) is 5.54 Å². The topological polar surface area (TPSA) is 52.0 Å². The molecule has 0 saturated carbocycles. The quantitative estimate of drug-likeness (QED) is 0.713. The number of nitrogens with two attached hydrogens (primary N) is 2. The number of aryl methyl sites for hydroxylation is 1. The van der Waals surface area contributed by atoms with Crippen LogP contribution in [0.5, 0.6) is 0 Å². The number of halogens is 1. The minimum Gasteiger partial charge on any atom is -0.396 e. The summed E-state index contributed by atoms with van der Waals surface area (Å²) in [4.78, 5) is 0. The summed E-state index contributed by atoms with van der Waals surface area (Å²) in [5, 5.41) is 0. The van der Waals surface area contributed by atoms with Gasteiger partial charge in [0.25, 0.3) is 0 Å². The Morgan fingerprint density at radius 2 is 2.00 bits per heavy atom. The largest absolute Gasteiger partial charge is 0.396 e. The lowest BCUT2D eigenvalue weighted by molar-refractivity contribution is 0.469. The average molecular weight is 196 g/mol. The first-order chi connectivity index (χ1) is 6.38. The predicted molar refractivity (Wildman–Crippen MR) is 57.4 cm³/mol. The molecule has 4 N–H and O–H groups in total. The monoisotopic (exact) mass is 196 g/mol. The Kier molecular flexibility index (Phi) is 2.81. The lowest BCUT2D eigenvalue weighted by atomic mass is 9.87. The Morgan fingerprint density at radius 3 is 2.50 bits per heavy atom. The van der Waals surface area contributed by atoms with Crippen LogP contribution >= 0.6 is 0 Å². The van der Waals surface area contributed by atoms with Gasteiger partial charge in [0, 0.05) is 5.54 Å². The van der Waals surface area contributed by atoms with Gasteiger partial charge in [-0.2, -0.15) is 0 Å². The SMILES string of the molecule is CCC(C)(N)c1cc(F)c(N)cc1C. The number of rotatable bonds is 2. The number of hydrogen-bond donors (Lipinski definition) is 2. The van der Waals surface area contributed by atoms with Crippen molar-refractivity contribution in [2.45, 2.75) is 32.7 Å². The number of nitrogen functional groups attached to an aromatic ring is 1. The maximum Gasteiger partial charge on any atom is 0.146 e. The van der Waals surface area contributed by atoms with E-state index in [0.717, 1.165) is 17.5 Å². The highest BCUT2D eigenvalue weighted by atomic mass is 19.1. The second-order valence-corrected chi connectivity index (χ2v) is 3.96. The average Bonchev–Trinajstić information content (AvgIpc) is 2.11. The number of benzene rings is 1. The maximum absolute atomic E-state index is 13.2. The van der Waals surface area contributed by atoms with Crippen LogP contribution in [0.4, 0.5) is 10.1 Å². The molecular weight excluding hydrogens is 179 g/mol. The first-order valence-electron chi connectivity index (χ1n) is 4.73. The van der Waals surface area contributed by atoms with E-state index < -0.39 is 11.4 Å². The summed E-state index contributed by atoms with van der Waals surface area (Å²) < 4.78 is 13.2. The Balaban J connectivity index is 3.29. The normalized spacial score (nSPS) is 15.2. The van der Waals surface area contributed by atoms with Crippen LogP contribution in [0.25, 0.3) is 0 Å². The fourth-order valence-corrected chi connectivity index (χ4v) is 1.51. The molecule has 2 nitrogen and oxygen atoms in total. The van der Waals surface area contributed by atoms with E-state index in [1.54, 1.807) is 6.07 Å². The molecule has 0 saturated heterocycles. The first-order valence-corrected chi connectivity index (χ1v) is 4.73. The van der Waals surface area contributed by atoms with Crippen LogP contribution in [-0.4, -0.2) is 0 Å². The van der Waals surface area contributed by atoms with Gasteiger partial charge in [-0.15, -0.1) is 0 Å². The Labute approximate surface area is 84.1 Å². The zero-order chi connectivity index (χ0) is 10.9. The number of hydrogen-bond acceptors (Lipinski definition) is 2. The third kappa shape index (κ3) is 1.87. The molecule has 0 bridgehead atoms. The van der Waals surface area contributed by atoms with E-state index in [9.17, 15) is 4.39 Å². The van der Waals surface area contributed by atoms with Crippen molar-refractivity contribution in [1.29, 1.82) is 0 Å². The Bertz CT molecular complexity index is 345. The van der Waals surface area contributed by atoms with E-state index in [2.05, 4.69) is 0 Å². The van der Waals surface area contributed by atoms with Crippen molar-refractivity contribution >= 4 is 5.69 Å². The molecule has 0 aliphatic heterocycles. The van der Waals surface area contributed by atoms with Crippen molar-refractivity contribution in [2.24, 2.45) is 5.73 Å². The van der Waals surface area contributed by atoms with Gasteiger partial charge < -0.3 is 11.5 Å². The zero-order valence-electron chi connectivity index (χ0n) is 8.89. The van der Waals surface area contributed by atoms with Crippen LogP contribution < -0.4 is 11.5 Å². The summed E-state index contributed by atoms with van der Waals surface area (Å²) in [5.74, 6) is -0.393. The van der Waals surface area contributed by atoms with Crippen molar-refractivity contribution in [1.82, 2.24) is 0 Å². The van der Waals surface area contributed by atoms with Crippen molar-refractivity contribution in [3.63, 3.8) is 0 Å². The summed E-state index contributed by atoms with van der Waals surface area (Å²) in [5.41, 5.74) is 13.0. The summed E-state index contributed by atoms with van der Waals surface area (Å²) in [6, 6.07) is 3.07. The third-order valence-electron chi connectivity index (χ3n) is 2.69. The molecular formula is C11H17FN2. The van der Waals surface area contributed by atoms with Gasteiger partial charge in [-0.05, 0) is 43.5 Å².